The molecule has 0 bridgehead atoms. The zero-order valence-electron chi connectivity index (χ0n) is 30.0. The minimum absolute atomic E-state index is 0.153. The van der Waals surface area contributed by atoms with Gasteiger partial charge in [-0.2, -0.15) is 0 Å². The molecule has 47 heavy (non-hydrogen) atoms. The fraction of sp³-hybridized carbons (Fsp3) is 0.972. The van der Waals surface area contributed by atoms with Crippen molar-refractivity contribution in [2.75, 3.05) is 13.7 Å². The smallest absolute Gasteiger partial charge is 0.308 e. The Labute approximate surface area is 281 Å². The van der Waals surface area contributed by atoms with Crippen LogP contribution in [0, 0.1) is 35.5 Å². The number of aliphatic carboxylic acids is 1. The third-order valence-electron chi connectivity index (χ3n) is 13.0. The van der Waals surface area contributed by atoms with Gasteiger partial charge < -0.3 is 48.8 Å². The van der Waals surface area contributed by atoms with Crippen molar-refractivity contribution in [1.82, 2.24) is 0 Å². The van der Waals surface area contributed by atoms with Gasteiger partial charge in [0.1, 0.15) is 0 Å². The molecule has 1 spiro atoms. The van der Waals surface area contributed by atoms with Crippen LogP contribution >= 0.6 is 0 Å². The average molecular weight is 671 g/mol. The lowest BCUT2D eigenvalue weighted by Crippen LogP contribution is -2.57. The second-order valence-electron chi connectivity index (χ2n) is 16.3. The maximum Gasteiger partial charge on any atom is 0.308 e. The number of hydrogen-bond donors (Lipinski definition) is 4. The lowest BCUT2D eigenvalue weighted by Gasteiger charge is -2.49. The number of carbonyl (C=O) groups is 1. The molecule has 0 amide bonds. The lowest BCUT2D eigenvalue weighted by atomic mass is 9.78. The van der Waals surface area contributed by atoms with Gasteiger partial charge in [0, 0.05) is 37.7 Å². The SMILES string of the molecule is CC[C@@]1([C@@H]2O[C@@H]([C@H]3O[C@@](O)(CO)[C@H](C)C[C@@H]3C)C[C@@H]2C)CCC([C@]2(C)CCC3(C[C@H](O)[C@@H](C)[C@@H]([C@@H](C)[C@@H](OC)[C@H](C)C(=O)O)O3)O2)O1. The average Bonchev–Trinajstić information content (AvgIpc) is 3.73. The van der Waals surface area contributed by atoms with Crippen LogP contribution in [0.4, 0.5) is 0 Å². The second-order valence-corrected chi connectivity index (χ2v) is 16.3. The number of methoxy groups -OCH3 is 1. The molecule has 0 aliphatic carbocycles. The van der Waals surface area contributed by atoms with E-state index in [0.29, 0.717) is 19.3 Å². The topological polar surface area (TPSA) is 153 Å². The van der Waals surface area contributed by atoms with Gasteiger partial charge in [-0.15, -0.1) is 0 Å². The zero-order chi connectivity index (χ0) is 34.7. The first-order valence-corrected chi connectivity index (χ1v) is 18.1. The number of carboxylic acid groups (broad SMARTS) is 1. The molecule has 5 aliphatic rings. The van der Waals surface area contributed by atoms with Crippen molar-refractivity contribution < 1.29 is 53.6 Å². The quantitative estimate of drug-likeness (QED) is 0.264. The predicted molar refractivity (Wildman–Crippen MR) is 172 cm³/mol. The summed E-state index contributed by atoms with van der Waals surface area (Å²) in [6, 6.07) is 0. The molecule has 2 unspecified atom stereocenters. The monoisotopic (exact) mass is 670 g/mol. The Morgan fingerprint density at radius 2 is 1.72 bits per heavy atom. The molecule has 0 radical (unpaired) electrons. The first-order valence-electron chi connectivity index (χ1n) is 18.1. The van der Waals surface area contributed by atoms with Crippen molar-refractivity contribution in [3.63, 3.8) is 0 Å². The van der Waals surface area contributed by atoms with E-state index in [1.54, 1.807) is 6.92 Å². The van der Waals surface area contributed by atoms with Gasteiger partial charge in [0.2, 0.25) is 0 Å². The number of aliphatic hydroxyl groups is 3. The highest BCUT2D eigenvalue weighted by molar-refractivity contribution is 5.70. The van der Waals surface area contributed by atoms with Crippen molar-refractivity contribution in [1.29, 1.82) is 0 Å². The summed E-state index contributed by atoms with van der Waals surface area (Å²) in [5.41, 5.74) is -1.15. The van der Waals surface area contributed by atoms with Crippen molar-refractivity contribution in [3.05, 3.63) is 0 Å². The summed E-state index contributed by atoms with van der Waals surface area (Å²) in [6.45, 7) is 15.6. The van der Waals surface area contributed by atoms with Crippen LogP contribution in [0.3, 0.4) is 0 Å². The Bertz CT molecular complexity index is 1110. The maximum absolute atomic E-state index is 11.8. The molecule has 5 rings (SSSR count). The molecule has 11 nitrogen and oxygen atoms in total. The van der Waals surface area contributed by atoms with Crippen LogP contribution in [-0.2, 0) is 33.2 Å². The largest absolute Gasteiger partial charge is 0.481 e. The van der Waals surface area contributed by atoms with Gasteiger partial charge in [0.15, 0.2) is 11.6 Å². The van der Waals surface area contributed by atoms with E-state index in [0.717, 1.165) is 32.1 Å². The zero-order valence-corrected chi connectivity index (χ0v) is 30.0. The fourth-order valence-electron chi connectivity index (χ4n) is 9.91. The molecule has 0 aromatic carbocycles. The molecule has 5 heterocycles. The molecule has 0 aromatic rings. The van der Waals surface area contributed by atoms with Crippen LogP contribution in [0.5, 0.6) is 0 Å². The van der Waals surface area contributed by atoms with Gasteiger partial charge in [0.25, 0.3) is 0 Å². The van der Waals surface area contributed by atoms with Gasteiger partial charge >= 0.3 is 5.97 Å². The normalized spacial score (nSPS) is 50.9. The van der Waals surface area contributed by atoms with E-state index < -0.39 is 59.6 Å². The molecular weight excluding hydrogens is 608 g/mol. The highest BCUT2D eigenvalue weighted by Crippen LogP contribution is 2.55. The maximum atomic E-state index is 11.8. The lowest BCUT2D eigenvalue weighted by molar-refractivity contribution is -0.336. The van der Waals surface area contributed by atoms with Crippen molar-refractivity contribution in [2.24, 2.45) is 35.5 Å². The van der Waals surface area contributed by atoms with Gasteiger partial charge in [-0.05, 0) is 64.2 Å². The van der Waals surface area contributed by atoms with E-state index in [9.17, 15) is 25.2 Å². The standard InChI is InChI=1S/C36H62O11/c1-10-34(31-20(3)16-26(43-31)28-19(2)15-21(4)36(41,18-37)46-28)12-11-27(44-34)33(8)13-14-35(47-33)17-25(38)22(5)30(45-35)23(6)29(42-9)24(7)32(39)40/h19-31,37-38,41H,10-18H2,1-9H3,(H,39,40)/t19-,20-,21+,22+,23-,24-,25-,26+,27?,28-,29+,30-,31+,33-,34-,35?,36-/m0/s1. The first kappa shape index (κ1) is 37.4. The minimum Gasteiger partial charge on any atom is -0.481 e. The van der Waals surface area contributed by atoms with E-state index in [4.69, 9.17) is 28.4 Å². The summed E-state index contributed by atoms with van der Waals surface area (Å²) >= 11 is 0. The molecule has 0 aromatic heterocycles. The summed E-state index contributed by atoms with van der Waals surface area (Å²) in [4.78, 5) is 11.8. The number of aliphatic hydroxyl groups excluding tert-OH is 2. The van der Waals surface area contributed by atoms with E-state index in [1.807, 2.05) is 20.8 Å². The number of hydrogen-bond acceptors (Lipinski definition) is 10. The van der Waals surface area contributed by atoms with E-state index in [-0.39, 0.29) is 54.0 Å². The van der Waals surface area contributed by atoms with Crippen molar-refractivity contribution >= 4 is 5.97 Å². The predicted octanol–water partition coefficient (Wildman–Crippen LogP) is 4.27. The van der Waals surface area contributed by atoms with Crippen LogP contribution in [0.15, 0.2) is 0 Å². The number of ether oxygens (including phenoxy) is 6. The molecule has 272 valence electrons. The minimum atomic E-state index is -1.56. The number of rotatable bonds is 10. The highest BCUT2D eigenvalue weighted by atomic mass is 16.7. The molecular formula is C36H62O11. The molecule has 17 atom stereocenters. The van der Waals surface area contributed by atoms with Crippen LogP contribution in [0.1, 0.15) is 107 Å². The Hall–Kier alpha value is -0.890. The molecule has 4 N–H and O–H groups in total. The fourth-order valence-corrected chi connectivity index (χ4v) is 9.91. The Balaban J connectivity index is 1.29. The number of carboxylic acids is 1. The van der Waals surface area contributed by atoms with E-state index in [1.165, 1.54) is 7.11 Å². The van der Waals surface area contributed by atoms with E-state index in [2.05, 4.69) is 27.7 Å². The second kappa shape index (κ2) is 13.7. The van der Waals surface area contributed by atoms with Gasteiger partial charge in [-0.25, -0.2) is 0 Å². The van der Waals surface area contributed by atoms with Crippen LogP contribution < -0.4 is 0 Å². The van der Waals surface area contributed by atoms with Gasteiger partial charge in [0.05, 0.1) is 66.5 Å². The van der Waals surface area contributed by atoms with E-state index >= 15 is 0 Å². The molecule has 5 saturated heterocycles. The Morgan fingerprint density at radius 1 is 1.02 bits per heavy atom. The van der Waals surface area contributed by atoms with Gasteiger partial charge in [-0.3, -0.25) is 4.79 Å². The molecule has 11 heteroatoms. The summed E-state index contributed by atoms with van der Waals surface area (Å²) < 4.78 is 39.4. The van der Waals surface area contributed by atoms with Crippen molar-refractivity contribution in [3.8, 4) is 0 Å². The molecule has 5 fully saturated rings. The van der Waals surface area contributed by atoms with Gasteiger partial charge in [-0.1, -0.05) is 41.5 Å². The van der Waals surface area contributed by atoms with Crippen molar-refractivity contribution in [2.45, 2.75) is 172 Å². The third-order valence-corrected chi connectivity index (χ3v) is 13.0. The summed E-state index contributed by atoms with van der Waals surface area (Å²) in [7, 11) is 1.52. The van der Waals surface area contributed by atoms with Crippen LogP contribution in [0.2, 0.25) is 0 Å². The Kier molecular flexibility index (Phi) is 10.9. The highest BCUT2D eigenvalue weighted by Gasteiger charge is 2.62. The third kappa shape index (κ3) is 6.67. The molecule has 5 aliphatic heterocycles. The molecule has 0 saturated carbocycles. The first-order chi connectivity index (χ1) is 22.0. The Morgan fingerprint density at radius 3 is 2.34 bits per heavy atom. The summed E-state index contributed by atoms with van der Waals surface area (Å²) in [6.07, 6.45) is 2.99. The summed E-state index contributed by atoms with van der Waals surface area (Å²) in [5.74, 6) is -4.52. The van der Waals surface area contributed by atoms with Crippen LogP contribution in [0.25, 0.3) is 0 Å². The summed E-state index contributed by atoms with van der Waals surface area (Å²) in [5, 5.41) is 41.8. The van der Waals surface area contributed by atoms with Crippen LogP contribution in [-0.4, -0.2) is 106 Å².